The van der Waals surface area contributed by atoms with E-state index in [1.54, 1.807) is 6.08 Å². The van der Waals surface area contributed by atoms with Gasteiger partial charge in [-0.2, -0.15) is 0 Å². The van der Waals surface area contributed by atoms with Crippen LogP contribution >= 0.6 is 0 Å². The Morgan fingerprint density at radius 2 is 0.727 bits per heavy atom. The maximum Gasteiger partial charge on any atom is 0.220 e. The Hall–Kier alpha value is -2.25. The third kappa shape index (κ3) is 33.0. The van der Waals surface area contributed by atoms with Crippen LogP contribution in [0.3, 0.4) is 0 Å². The molecule has 12 N–H and O–H groups in total. The van der Waals surface area contributed by atoms with E-state index in [2.05, 4.69) is 55.6 Å². The number of aliphatic hydroxyl groups is 11. The Balaban J connectivity index is 1.42. The van der Waals surface area contributed by atoms with Crippen LogP contribution in [0.25, 0.3) is 0 Å². The van der Waals surface area contributed by atoms with Crippen molar-refractivity contribution >= 4 is 5.91 Å². The molecule has 17 atom stereocenters. The Morgan fingerprint density at radius 1 is 0.398 bits per heavy atom. The summed E-state index contributed by atoms with van der Waals surface area (Å²) in [5.74, 6) is -0.288. The van der Waals surface area contributed by atoms with Crippen LogP contribution in [0.1, 0.15) is 251 Å². The first-order valence-electron chi connectivity index (χ1n) is 34.9. The van der Waals surface area contributed by atoms with Gasteiger partial charge in [-0.3, -0.25) is 4.79 Å². The number of unbranched alkanes of at least 4 members (excludes halogenated alkanes) is 31. The first kappa shape index (κ1) is 80.0. The van der Waals surface area contributed by atoms with Gasteiger partial charge in [-0.05, 0) is 70.6 Å². The molecule has 19 heteroatoms. The van der Waals surface area contributed by atoms with Gasteiger partial charge >= 0.3 is 0 Å². The number of hydrogen-bond donors (Lipinski definition) is 12. The normalized spacial score (nSPS) is 28.7. The van der Waals surface area contributed by atoms with E-state index in [9.17, 15) is 61.0 Å². The minimum Gasteiger partial charge on any atom is -0.394 e. The highest BCUT2D eigenvalue weighted by atomic mass is 16.8. The number of amides is 1. The standard InChI is InChI=1S/C69H125NO18/c1-3-5-7-9-11-13-15-17-19-21-22-23-24-25-26-27-28-29-30-31-33-35-37-39-41-43-45-47-57(75)70-52(53(74)46-44-42-40-38-36-34-32-20-18-16-14-12-10-8-6-4-2)51-83-67-63(81)60(78)65(55(49-72)85-67)88-69-64(82)61(79)66(56(50-73)86-69)87-68-62(80)59(77)58(76)54(48-71)84-68/h18,20-22,36,38,44,46,52-56,58-69,71-74,76-82H,3-17,19,23-35,37,39-43,45,47-51H2,1-2H3,(H,70,75)/b20-18+,22-21-,38-36+,46-44+. The van der Waals surface area contributed by atoms with Gasteiger partial charge in [-0.15, -0.1) is 0 Å². The summed E-state index contributed by atoms with van der Waals surface area (Å²) in [6, 6.07) is -0.996. The number of rotatable bonds is 53. The van der Waals surface area contributed by atoms with Crippen molar-refractivity contribution in [1.82, 2.24) is 5.32 Å². The minimum absolute atomic E-state index is 0.233. The third-order valence-electron chi connectivity index (χ3n) is 17.3. The molecule has 0 bridgehead atoms. The minimum atomic E-state index is -1.98. The van der Waals surface area contributed by atoms with Crippen LogP contribution in [0.2, 0.25) is 0 Å². The molecule has 88 heavy (non-hydrogen) atoms. The number of carbonyl (C=O) groups is 1. The van der Waals surface area contributed by atoms with Crippen LogP contribution in [0, 0.1) is 0 Å². The van der Waals surface area contributed by atoms with Crippen molar-refractivity contribution in [3.05, 3.63) is 48.6 Å². The molecule has 1 amide bonds. The van der Waals surface area contributed by atoms with Crippen molar-refractivity contribution < 1.29 is 89.4 Å². The zero-order valence-corrected chi connectivity index (χ0v) is 54.2. The van der Waals surface area contributed by atoms with Crippen LogP contribution in [-0.4, -0.2) is 193 Å². The van der Waals surface area contributed by atoms with Gasteiger partial charge < -0.3 is 89.9 Å². The van der Waals surface area contributed by atoms with Gasteiger partial charge in [0.1, 0.15) is 73.2 Å². The van der Waals surface area contributed by atoms with Crippen LogP contribution < -0.4 is 5.32 Å². The summed E-state index contributed by atoms with van der Waals surface area (Å²) in [5, 5.41) is 120. The summed E-state index contributed by atoms with van der Waals surface area (Å²) < 4.78 is 34.3. The Kier molecular flexibility index (Phi) is 46.5. The summed E-state index contributed by atoms with van der Waals surface area (Å²) in [7, 11) is 0. The van der Waals surface area contributed by atoms with Crippen LogP contribution in [0.15, 0.2) is 48.6 Å². The molecular weight excluding hydrogens is 1130 g/mol. The molecule has 0 spiro atoms. The van der Waals surface area contributed by atoms with E-state index in [1.807, 2.05) is 6.08 Å². The van der Waals surface area contributed by atoms with Crippen LogP contribution in [0.5, 0.6) is 0 Å². The molecular formula is C69H125NO18. The molecule has 0 aromatic rings. The fourth-order valence-electron chi connectivity index (χ4n) is 11.6. The van der Waals surface area contributed by atoms with Crippen molar-refractivity contribution in [1.29, 1.82) is 0 Å². The van der Waals surface area contributed by atoms with Crippen molar-refractivity contribution in [2.45, 2.75) is 356 Å². The highest BCUT2D eigenvalue weighted by molar-refractivity contribution is 5.76. The Bertz CT molecular complexity index is 1790. The van der Waals surface area contributed by atoms with Gasteiger partial charge in [-0.1, -0.05) is 223 Å². The van der Waals surface area contributed by atoms with Crippen LogP contribution in [0.4, 0.5) is 0 Å². The number of allylic oxidation sites excluding steroid dienone is 7. The Labute approximate surface area is 529 Å². The zero-order chi connectivity index (χ0) is 64.0. The first-order chi connectivity index (χ1) is 42.8. The van der Waals surface area contributed by atoms with Crippen LogP contribution in [-0.2, 0) is 33.2 Å². The highest BCUT2D eigenvalue weighted by Gasteiger charge is 2.53. The van der Waals surface area contributed by atoms with E-state index in [4.69, 9.17) is 28.4 Å². The summed E-state index contributed by atoms with van der Waals surface area (Å²) in [5.41, 5.74) is 0. The average Bonchev–Trinajstić information content (AvgIpc) is 3.09. The van der Waals surface area contributed by atoms with E-state index in [0.29, 0.717) is 12.8 Å². The van der Waals surface area contributed by atoms with Gasteiger partial charge in [0.25, 0.3) is 0 Å². The molecule has 3 aliphatic heterocycles. The van der Waals surface area contributed by atoms with Gasteiger partial charge in [0.2, 0.25) is 5.91 Å². The number of carbonyl (C=O) groups excluding carboxylic acids is 1. The molecule has 0 aliphatic carbocycles. The molecule has 17 unspecified atom stereocenters. The molecule has 0 radical (unpaired) electrons. The predicted octanol–water partition coefficient (Wildman–Crippen LogP) is 9.00. The molecule has 3 aliphatic rings. The second kappa shape index (κ2) is 51.2. The fraction of sp³-hybridized carbons (Fsp3) is 0.870. The van der Waals surface area contributed by atoms with E-state index in [-0.39, 0.29) is 18.9 Å². The predicted molar refractivity (Wildman–Crippen MR) is 342 cm³/mol. The summed E-state index contributed by atoms with van der Waals surface area (Å²) >= 11 is 0. The number of nitrogens with one attached hydrogen (secondary N) is 1. The smallest absolute Gasteiger partial charge is 0.220 e. The molecule has 0 aromatic heterocycles. The van der Waals surface area contributed by atoms with E-state index < -0.39 is 124 Å². The van der Waals surface area contributed by atoms with Crippen molar-refractivity contribution in [3.8, 4) is 0 Å². The first-order valence-corrected chi connectivity index (χ1v) is 34.9. The molecule has 3 heterocycles. The third-order valence-corrected chi connectivity index (χ3v) is 17.3. The fourth-order valence-corrected chi connectivity index (χ4v) is 11.6. The number of hydrogen-bond acceptors (Lipinski definition) is 18. The van der Waals surface area contributed by atoms with Crippen molar-refractivity contribution in [2.24, 2.45) is 0 Å². The van der Waals surface area contributed by atoms with Crippen molar-refractivity contribution in [3.63, 3.8) is 0 Å². The quantitative estimate of drug-likeness (QED) is 0.0200. The molecule has 514 valence electrons. The van der Waals surface area contributed by atoms with E-state index in [0.717, 1.165) is 44.9 Å². The monoisotopic (exact) mass is 1260 g/mol. The molecule has 3 rings (SSSR count). The highest BCUT2D eigenvalue weighted by Crippen LogP contribution is 2.33. The zero-order valence-electron chi connectivity index (χ0n) is 54.2. The molecule has 3 saturated heterocycles. The SMILES string of the molecule is CCCCCCCC/C=C/CC/C=C/CC/C=C/C(O)C(COC1OC(CO)C(OC2OC(CO)C(OC3OC(CO)C(O)C(O)C3O)C(O)C2O)C(O)C1O)NC(=O)CCCCCCCCCCCCCCCCC/C=C\CCCCCCCCCC. The topological polar surface area (TPSA) is 307 Å². The molecule has 3 fully saturated rings. The Morgan fingerprint density at radius 3 is 1.14 bits per heavy atom. The van der Waals surface area contributed by atoms with Gasteiger partial charge in [0.05, 0.1) is 38.6 Å². The van der Waals surface area contributed by atoms with Gasteiger partial charge in [0.15, 0.2) is 18.9 Å². The second-order valence-electron chi connectivity index (χ2n) is 25.0. The molecule has 0 aromatic carbocycles. The largest absolute Gasteiger partial charge is 0.394 e. The maximum atomic E-state index is 13.4. The van der Waals surface area contributed by atoms with Crippen molar-refractivity contribution in [2.75, 3.05) is 26.4 Å². The lowest BCUT2D eigenvalue weighted by Gasteiger charge is -2.48. The average molecular weight is 1260 g/mol. The van der Waals surface area contributed by atoms with E-state index >= 15 is 0 Å². The summed E-state index contributed by atoms with van der Waals surface area (Å²) in [4.78, 5) is 13.4. The lowest BCUT2D eigenvalue weighted by molar-refractivity contribution is -0.379. The summed E-state index contributed by atoms with van der Waals surface area (Å²) in [6.07, 6.45) is 33.8. The van der Waals surface area contributed by atoms with Gasteiger partial charge in [0, 0.05) is 6.42 Å². The number of ether oxygens (including phenoxy) is 6. The molecule has 0 saturated carbocycles. The molecule has 19 nitrogen and oxygen atoms in total. The lowest BCUT2D eigenvalue weighted by Crippen LogP contribution is -2.66. The lowest BCUT2D eigenvalue weighted by atomic mass is 9.96. The maximum absolute atomic E-state index is 13.4. The number of aliphatic hydroxyl groups excluding tert-OH is 11. The summed E-state index contributed by atoms with van der Waals surface area (Å²) in [6.45, 7) is 1.70. The second-order valence-corrected chi connectivity index (χ2v) is 25.0. The van der Waals surface area contributed by atoms with E-state index in [1.165, 1.54) is 173 Å². The van der Waals surface area contributed by atoms with Gasteiger partial charge in [-0.25, -0.2) is 0 Å².